The molecule has 1 aliphatic heterocycles. The highest BCUT2D eigenvalue weighted by Crippen LogP contribution is 2.18. The van der Waals surface area contributed by atoms with E-state index in [0.717, 1.165) is 25.9 Å². The second-order valence-electron chi connectivity index (χ2n) is 6.08. The van der Waals surface area contributed by atoms with Gasteiger partial charge in [0.15, 0.2) is 0 Å². The van der Waals surface area contributed by atoms with Crippen LogP contribution in [-0.2, 0) is 14.4 Å². The summed E-state index contributed by atoms with van der Waals surface area (Å²) in [5.74, 6) is -0.683. The summed E-state index contributed by atoms with van der Waals surface area (Å²) in [6.07, 6.45) is 1.97. The summed E-state index contributed by atoms with van der Waals surface area (Å²) in [5, 5.41) is 13.8. The number of carboxylic acid groups (broad SMARTS) is 1. The molecule has 0 aromatic heterocycles. The quantitative estimate of drug-likeness (QED) is 0.565. The predicted molar refractivity (Wildman–Crippen MR) is 82.3 cm³/mol. The number of carbonyl (C=O) groups excluding carboxylic acids is 2. The molecule has 1 aliphatic rings. The van der Waals surface area contributed by atoms with Gasteiger partial charge in [0, 0.05) is 26.1 Å². The van der Waals surface area contributed by atoms with Crippen LogP contribution in [0.2, 0.25) is 0 Å². The van der Waals surface area contributed by atoms with Crippen LogP contribution >= 0.6 is 0 Å². The Labute approximate surface area is 131 Å². The van der Waals surface area contributed by atoms with Crippen LogP contribution in [0.15, 0.2) is 0 Å². The molecule has 0 unspecified atom stereocenters. The van der Waals surface area contributed by atoms with Crippen molar-refractivity contribution in [3.05, 3.63) is 0 Å². The molecule has 1 fully saturated rings. The first kappa shape index (κ1) is 18.4. The van der Waals surface area contributed by atoms with E-state index in [0.29, 0.717) is 5.92 Å². The van der Waals surface area contributed by atoms with Gasteiger partial charge in [-0.25, -0.2) is 0 Å². The third kappa shape index (κ3) is 6.89. The highest BCUT2D eigenvalue weighted by Gasteiger charge is 2.30. The zero-order valence-electron chi connectivity index (χ0n) is 13.4. The molecule has 0 aromatic carbocycles. The van der Waals surface area contributed by atoms with Crippen molar-refractivity contribution in [1.82, 2.24) is 15.5 Å². The molecule has 1 saturated heterocycles. The van der Waals surface area contributed by atoms with Gasteiger partial charge in [0.2, 0.25) is 11.8 Å². The van der Waals surface area contributed by atoms with Crippen LogP contribution < -0.4 is 10.6 Å². The van der Waals surface area contributed by atoms with Crippen molar-refractivity contribution in [3.63, 3.8) is 0 Å². The summed E-state index contributed by atoms with van der Waals surface area (Å²) in [7, 11) is 0. The van der Waals surface area contributed by atoms with Crippen LogP contribution in [-0.4, -0.2) is 60.0 Å². The van der Waals surface area contributed by atoms with Crippen LogP contribution in [0.4, 0.5) is 0 Å². The van der Waals surface area contributed by atoms with Crippen molar-refractivity contribution in [1.29, 1.82) is 0 Å². The van der Waals surface area contributed by atoms with Crippen LogP contribution in [0.3, 0.4) is 0 Å². The van der Waals surface area contributed by atoms with Crippen molar-refractivity contribution >= 4 is 17.8 Å². The highest BCUT2D eigenvalue weighted by atomic mass is 16.4. The van der Waals surface area contributed by atoms with Gasteiger partial charge in [0.1, 0.15) is 0 Å². The molecular formula is C15H27N3O4. The molecule has 1 rings (SSSR count). The van der Waals surface area contributed by atoms with E-state index in [9.17, 15) is 14.4 Å². The predicted octanol–water partition coefficient (Wildman–Crippen LogP) is 0.204. The molecule has 22 heavy (non-hydrogen) atoms. The lowest BCUT2D eigenvalue weighted by atomic mass is 10.1. The standard InChI is InChI=1S/C15H27N3O4/c1-11(2)10-18-9-3-4-12(18)15(22)17-7-5-13(19)16-8-6-14(20)21/h11-12H,3-10H2,1-2H3,(H,16,19)(H,17,22)(H,20,21)/t12-/m0/s1. The van der Waals surface area contributed by atoms with Gasteiger partial charge in [-0.1, -0.05) is 13.8 Å². The Morgan fingerprint density at radius 1 is 1.18 bits per heavy atom. The third-order valence-corrected chi connectivity index (χ3v) is 3.58. The number of aliphatic carboxylic acids is 1. The minimum absolute atomic E-state index is 0.0171. The van der Waals surface area contributed by atoms with Crippen molar-refractivity contribution < 1.29 is 19.5 Å². The molecular weight excluding hydrogens is 286 g/mol. The number of rotatable bonds is 9. The van der Waals surface area contributed by atoms with Gasteiger partial charge >= 0.3 is 5.97 Å². The lowest BCUT2D eigenvalue weighted by molar-refractivity contribution is -0.137. The van der Waals surface area contributed by atoms with Crippen molar-refractivity contribution in [2.24, 2.45) is 5.92 Å². The summed E-state index contributed by atoms with van der Waals surface area (Å²) in [4.78, 5) is 36.2. The van der Waals surface area contributed by atoms with E-state index in [1.807, 2.05) is 0 Å². The average molecular weight is 313 g/mol. The number of hydrogen-bond acceptors (Lipinski definition) is 4. The smallest absolute Gasteiger partial charge is 0.305 e. The largest absolute Gasteiger partial charge is 0.481 e. The van der Waals surface area contributed by atoms with Crippen molar-refractivity contribution in [2.75, 3.05) is 26.2 Å². The zero-order chi connectivity index (χ0) is 16.5. The third-order valence-electron chi connectivity index (χ3n) is 3.58. The van der Waals surface area contributed by atoms with E-state index in [-0.39, 0.29) is 43.8 Å². The Balaban J connectivity index is 2.22. The second kappa shape index (κ2) is 9.40. The fourth-order valence-corrected chi connectivity index (χ4v) is 2.62. The van der Waals surface area contributed by atoms with Crippen LogP contribution in [0.5, 0.6) is 0 Å². The minimum Gasteiger partial charge on any atom is -0.481 e. The highest BCUT2D eigenvalue weighted by molar-refractivity contribution is 5.83. The van der Waals surface area contributed by atoms with Gasteiger partial charge in [-0.2, -0.15) is 0 Å². The monoisotopic (exact) mass is 313 g/mol. The molecule has 1 atom stereocenters. The molecule has 7 heteroatoms. The lowest BCUT2D eigenvalue weighted by Crippen LogP contribution is -2.45. The molecule has 0 aliphatic carbocycles. The zero-order valence-corrected chi connectivity index (χ0v) is 13.4. The van der Waals surface area contributed by atoms with E-state index < -0.39 is 5.97 Å². The number of likely N-dealkylation sites (tertiary alicyclic amines) is 1. The fraction of sp³-hybridized carbons (Fsp3) is 0.800. The van der Waals surface area contributed by atoms with Gasteiger partial charge < -0.3 is 15.7 Å². The first-order valence-corrected chi connectivity index (χ1v) is 7.90. The van der Waals surface area contributed by atoms with Gasteiger partial charge in [-0.3, -0.25) is 19.3 Å². The normalized spacial score (nSPS) is 18.4. The molecule has 3 N–H and O–H groups in total. The number of hydrogen-bond donors (Lipinski definition) is 3. The Kier molecular flexibility index (Phi) is 7.87. The molecule has 0 aromatic rings. The van der Waals surface area contributed by atoms with Crippen LogP contribution in [0.1, 0.15) is 39.5 Å². The molecule has 0 bridgehead atoms. The van der Waals surface area contributed by atoms with Crippen molar-refractivity contribution in [3.8, 4) is 0 Å². The van der Waals surface area contributed by atoms with Gasteiger partial charge in [-0.15, -0.1) is 0 Å². The Morgan fingerprint density at radius 3 is 2.50 bits per heavy atom. The Morgan fingerprint density at radius 2 is 1.86 bits per heavy atom. The summed E-state index contributed by atoms with van der Waals surface area (Å²) < 4.78 is 0. The molecule has 0 spiro atoms. The summed E-state index contributed by atoms with van der Waals surface area (Å²) in [5.41, 5.74) is 0. The number of amides is 2. The molecule has 126 valence electrons. The molecule has 0 radical (unpaired) electrons. The first-order valence-electron chi connectivity index (χ1n) is 7.90. The van der Waals surface area contributed by atoms with Crippen LogP contribution in [0, 0.1) is 5.92 Å². The van der Waals surface area contributed by atoms with Gasteiger partial charge in [0.25, 0.3) is 0 Å². The number of nitrogens with one attached hydrogen (secondary N) is 2. The summed E-state index contributed by atoms with van der Waals surface area (Å²) in [6.45, 7) is 6.53. The average Bonchev–Trinajstić information content (AvgIpc) is 2.85. The number of nitrogens with zero attached hydrogens (tertiary/aromatic N) is 1. The second-order valence-corrected chi connectivity index (χ2v) is 6.08. The minimum atomic E-state index is -0.944. The number of carbonyl (C=O) groups is 3. The maximum absolute atomic E-state index is 12.2. The van der Waals surface area contributed by atoms with E-state index in [4.69, 9.17) is 5.11 Å². The Hall–Kier alpha value is -1.63. The van der Waals surface area contributed by atoms with Crippen LogP contribution in [0.25, 0.3) is 0 Å². The topological polar surface area (TPSA) is 98.7 Å². The van der Waals surface area contributed by atoms with Crippen molar-refractivity contribution in [2.45, 2.75) is 45.6 Å². The summed E-state index contributed by atoms with van der Waals surface area (Å²) in [6, 6.07) is -0.0857. The lowest BCUT2D eigenvalue weighted by Gasteiger charge is -2.25. The Bertz CT molecular complexity index is 398. The maximum atomic E-state index is 12.2. The first-order chi connectivity index (χ1) is 10.4. The van der Waals surface area contributed by atoms with E-state index in [2.05, 4.69) is 29.4 Å². The SMILES string of the molecule is CC(C)CN1CCC[C@H]1C(=O)NCCC(=O)NCCC(=O)O. The van der Waals surface area contributed by atoms with Gasteiger partial charge in [0.05, 0.1) is 12.5 Å². The summed E-state index contributed by atoms with van der Waals surface area (Å²) >= 11 is 0. The van der Waals surface area contributed by atoms with E-state index in [1.165, 1.54) is 0 Å². The van der Waals surface area contributed by atoms with E-state index in [1.54, 1.807) is 0 Å². The fourth-order valence-electron chi connectivity index (χ4n) is 2.62. The number of carboxylic acids is 1. The molecule has 7 nitrogen and oxygen atoms in total. The maximum Gasteiger partial charge on any atom is 0.305 e. The molecule has 0 saturated carbocycles. The van der Waals surface area contributed by atoms with E-state index >= 15 is 0 Å². The van der Waals surface area contributed by atoms with Gasteiger partial charge in [-0.05, 0) is 25.3 Å². The molecule has 1 heterocycles. The molecule has 2 amide bonds.